The zero-order valence-electron chi connectivity index (χ0n) is 11.2. The lowest BCUT2D eigenvalue weighted by Crippen LogP contribution is -2.44. The SMILES string of the molecule is CC(C)C(=O)[C@H](Cc1ccccc1)NC(=O)CC#N. The van der Waals surface area contributed by atoms with Crippen LogP contribution in [-0.2, 0) is 16.0 Å². The van der Waals surface area contributed by atoms with E-state index in [1.165, 1.54) is 0 Å². The maximum atomic E-state index is 12.1. The molecule has 100 valence electrons. The summed E-state index contributed by atoms with van der Waals surface area (Å²) >= 11 is 0. The number of nitrogens with zero attached hydrogens (tertiary/aromatic N) is 1. The molecule has 1 N–H and O–H groups in total. The molecule has 1 rings (SSSR count). The van der Waals surface area contributed by atoms with Gasteiger partial charge in [0.15, 0.2) is 5.78 Å². The van der Waals surface area contributed by atoms with E-state index < -0.39 is 11.9 Å². The Bertz CT molecular complexity index is 475. The molecule has 0 aliphatic heterocycles. The molecule has 0 heterocycles. The number of carbonyl (C=O) groups is 2. The molecule has 0 aliphatic rings. The normalized spacial score (nSPS) is 11.7. The third-order valence-corrected chi connectivity index (χ3v) is 2.77. The molecule has 0 saturated heterocycles. The van der Waals surface area contributed by atoms with Crippen LogP contribution in [0.15, 0.2) is 30.3 Å². The first kappa shape index (κ1) is 14.9. The van der Waals surface area contributed by atoms with Gasteiger partial charge in [0.25, 0.3) is 0 Å². The number of nitrogens with one attached hydrogen (secondary N) is 1. The fourth-order valence-electron chi connectivity index (χ4n) is 1.79. The van der Waals surface area contributed by atoms with Crippen molar-refractivity contribution in [1.29, 1.82) is 5.26 Å². The van der Waals surface area contributed by atoms with Gasteiger partial charge in [0, 0.05) is 5.92 Å². The van der Waals surface area contributed by atoms with Crippen LogP contribution in [0, 0.1) is 17.2 Å². The highest BCUT2D eigenvalue weighted by atomic mass is 16.2. The molecule has 1 atom stereocenters. The molecule has 0 bridgehead atoms. The van der Waals surface area contributed by atoms with Gasteiger partial charge in [-0.2, -0.15) is 5.26 Å². The van der Waals surface area contributed by atoms with Gasteiger partial charge in [0.1, 0.15) is 6.42 Å². The van der Waals surface area contributed by atoms with Crippen LogP contribution in [0.3, 0.4) is 0 Å². The molecule has 4 heteroatoms. The maximum Gasteiger partial charge on any atom is 0.234 e. The van der Waals surface area contributed by atoms with Gasteiger partial charge in [-0.3, -0.25) is 9.59 Å². The van der Waals surface area contributed by atoms with Crippen molar-refractivity contribution in [3.05, 3.63) is 35.9 Å². The van der Waals surface area contributed by atoms with Crippen LogP contribution in [0.1, 0.15) is 25.8 Å². The van der Waals surface area contributed by atoms with Gasteiger partial charge in [0.2, 0.25) is 5.91 Å². The number of benzene rings is 1. The number of rotatable bonds is 6. The molecule has 0 fully saturated rings. The molecule has 0 saturated carbocycles. The zero-order valence-corrected chi connectivity index (χ0v) is 11.2. The number of hydrogen-bond donors (Lipinski definition) is 1. The number of nitriles is 1. The Morgan fingerprint density at radius 3 is 2.42 bits per heavy atom. The minimum Gasteiger partial charge on any atom is -0.345 e. The molecule has 0 spiro atoms. The summed E-state index contributed by atoms with van der Waals surface area (Å²) in [4.78, 5) is 23.6. The Morgan fingerprint density at radius 1 is 1.26 bits per heavy atom. The molecule has 1 aromatic rings. The largest absolute Gasteiger partial charge is 0.345 e. The van der Waals surface area contributed by atoms with E-state index in [0.29, 0.717) is 6.42 Å². The first-order valence-corrected chi connectivity index (χ1v) is 6.28. The maximum absolute atomic E-state index is 12.1. The lowest BCUT2D eigenvalue weighted by molar-refractivity contribution is -0.129. The van der Waals surface area contributed by atoms with Gasteiger partial charge < -0.3 is 5.32 Å². The van der Waals surface area contributed by atoms with E-state index in [1.54, 1.807) is 19.9 Å². The van der Waals surface area contributed by atoms with Gasteiger partial charge >= 0.3 is 0 Å². The average molecular weight is 258 g/mol. The van der Waals surface area contributed by atoms with Crippen molar-refractivity contribution in [2.45, 2.75) is 32.7 Å². The second-order valence-electron chi connectivity index (χ2n) is 4.70. The van der Waals surface area contributed by atoms with Crippen molar-refractivity contribution in [2.24, 2.45) is 5.92 Å². The molecule has 19 heavy (non-hydrogen) atoms. The highest BCUT2D eigenvalue weighted by Gasteiger charge is 2.23. The Morgan fingerprint density at radius 2 is 1.89 bits per heavy atom. The lowest BCUT2D eigenvalue weighted by Gasteiger charge is -2.19. The molecule has 1 aromatic carbocycles. The summed E-state index contributed by atoms with van der Waals surface area (Å²) < 4.78 is 0. The summed E-state index contributed by atoms with van der Waals surface area (Å²) in [5.41, 5.74) is 0.985. The highest BCUT2D eigenvalue weighted by molar-refractivity contribution is 5.90. The quantitative estimate of drug-likeness (QED) is 0.846. The first-order valence-electron chi connectivity index (χ1n) is 6.28. The van der Waals surface area contributed by atoms with Gasteiger partial charge in [-0.25, -0.2) is 0 Å². The van der Waals surface area contributed by atoms with Crippen molar-refractivity contribution in [3.63, 3.8) is 0 Å². The molecular weight excluding hydrogens is 240 g/mol. The Labute approximate surface area is 113 Å². The zero-order chi connectivity index (χ0) is 14.3. The van der Waals surface area contributed by atoms with E-state index in [0.717, 1.165) is 5.56 Å². The highest BCUT2D eigenvalue weighted by Crippen LogP contribution is 2.08. The third kappa shape index (κ3) is 4.92. The Balaban J connectivity index is 2.78. The predicted molar refractivity (Wildman–Crippen MR) is 72.2 cm³/mol. The Hall–Kier alpha value is -2.15. The fourth-order valence-corrected chi connectivity index (χ4v) is 1.79. The van der Waals surface area contributed by atoms with Crippen molar-refractivity contribution in [3.8, 4) is 6.07 Å². The van der Waals surface area contributed by atoms with E-state index in [2.05, 4.69) is 5.32 Å². The van der Waals surface area contributed by atoms with Crippen LogP contribution in [0.5, 0.6) is 0 Å². The smallest absolute Gasteiger partial charge is 0.234 e. The molecule has 4 nitrogen and oxygen atoms in total. The first-order chi connectivity index (χ1) is 9.04. The van der Waals surface area contributed by atoms with Gasteiger partial charge in [-0.1, -0.05) is 44.2 Å². The summed E-state index contributed by atoms with van der Waals surface area (Å²) in [6.07, 6.45) is 0.228. The van der Waals surface area contributed by atoms with Gasteiger partial charge in [0.05, 0.1) is 12.1 Å². The van der Waals surface area contributed by atoms with Crippen LogP contribution in [0.25, 0.3) is 0 Å². The second-order valence-corrected chi connectivity index (χ2v) is 4.70. The van der Waals surface area contributed by atoms with Crippen molar-refractivity contribution >= 4 is 11.7 Å². The molecule has 0 unspecified atom stereocenters. The van der Waals surface area contributed by atoms with Gasteiger partial charge in [-0.15, -0.1) is 0 Å². The summed E-state index contributed by atoms with van der Waals surface area (Å²) in [5, 5.41) is 11.1. The van der Waals surface area contributed by atoms with Gasteiger partial charge in [-0.05, 0) is 12.0 Å². The minimum atomic E-state index is -0.566. The average Bonchev–Trinajstić information content (AvgIpc) is 2.38. The topological polar surface area (TPSA) is 70.0 Å². The van der Waals surface area contributed by atoms with E-state index in [1.807, 2.05) is 30.3 Å². The number of hydrogen-bond acceptors (Lipinski definition) is 3. The van der Waals surface area contributed by atoms with E-state index in [9.17, 15) is 9.59 Å². The van der Waals surface area contributed by atoms with Crippen molar-refractivity contribution in [2.75, 3.05) is 0 Å². The summed E-state index contributed by atoms with van der Waals surface area (Å²) in [6, 6.07) is 10.7. The summed E-state index contributed by atoms with van der Waals surface area (Å²) in [5.74, 6) is -0.580. The van der Waals surface area contributed by atoms with Crippen LogP contribution >= 0.6 is 0 Å². The number of ketones is 1. The lowest BCUT2D eigenvalue weighted by atomic mass is 9.95. The van der Waals surface area contributed by atoms with E-state index in [-0.39, 0.29) is 18.1 Å². The van der Waals surface area contributed by atoms with Crippen LogP contribution in [-0.4, -0.2) is 17.7 Å². The number of carbonyl (C=O) groups excluding carboxylic acids is 2. The number of amides is 1. The second kappa shape index (κ2) is 7.32. The van der Waals surface area contributed by atoms with Crippen LogP contribution in [0.4, 0.5) is 0 Å². The standard InChI is InChI=1S/C15H18N2O2/c1-11(2)15(19)13(17-14(18)8-9-16)10-12-6-4-3-5-7-12/h3-7,11,13H,8,10H2,1-2H3,(H,17,18)/t13-/m0/s1. The van der Waals surface area contributed by atoms with Crippen molar-refractivity contribution < 1.29 is 9.59 Å². The number of Topliss-reactive ketones (excluding diaryl/α,β-unsaturated/α-hetero) is 1. The molecule has 1 amide bonds. The summed E-state index contributed by atoms with van der Waals surface area (Å²) in [7, 11) is 0. The summed E-state index contributed by atoms with van der Waals surface area (Å²) in [6.45, 7) is 3.60. The molecule has 0 aromatic heterocycles. The predicted octanol–water partition coefficient (Wildman–Crippen LogP) is 1.85. The molecule has 0 aliphatic carbocycles. The van der Waals surface area contributed by atoms with Crippen LogP contribution < -0.4 is 5.32 Å². The Kier molecular flexibility index (Phi) is 5.74. The van der Waals surface area contributed by atoms with E-state index in [4.69, 9.17) is 5.26 Å². The minimum absolute atomic E-state index is 0.0184. The third-order valence-electron chi connectivity index (χ3n) is 2.77. The molecular formula is C15H18N2O2. The fraction of sp³-hybridized carbons (Fsp3) is 0.400. The molecule has 0 radical (unpaired) electrons. The van der Waals surface area contributed by atoms with E-state index >= 15 is 0 Å². The van der Waals surface area contributed by atoms with Crippen molar-refractivity contribution in [1.82, 2.24) is 5.32 Å². The van der Waals surface area contributed by atoms with Crippen LogP contribution in [0.2, 0.25) is 0 Å². The monoisotopic (exact) mass is 258 g/mol.